The van der Waals surface area contributed by atoms with Crippen LogP contribution in [-0.4, -0.2) is 9.91 Å². The van der Waals surface area contributed by atoms with Crippen molar-refractivity contribution in [3.63, 3.8) is 0 Å². The summed E-state index contributed by atoms with van der Waals surface area (Å²) in [5, 5.41) is 24.4. The van der Waals surface area contributed by atoms with E-state index in [1.54, 1.807) is 5.51 Å². The van der Waals surface area contributed by atoms with Gasteiger partial charge in [-0.25, -0.2) is 4.98 Å². The Morgan fingerprint density at radius 2 is 2.39 bits per heavy atom. The number of benzene rings is 1. The molecule has 0 radical (unpaired) electrons. The van der Waals surface area contributed by atoms with Crippen LogP contribution in [0.4, 0.5) is 11.4 Å². The Labute approximate surface area is 107 Å². The smallest absolute Gasteiger partial charge is 0.293 e. The van der Waals surface area contributed by atoms with Crippen molar-refractivity contribution in [3.8, 4) is 6.07 Å². The number of hydrogen-bond acceptors (Lipinski definition) is 6. The Kier molecular flexibility index (Phi) is 3.50. The van der Waals surface area contributed by atoms with Gasteiger partial charge >= 0.3 is 0 Å². The first-order chi connectivity index (χ1) is 8.70. The quantitative estimate of drug-likeness (QED) is 0.673. The summed E-state index contributed by atoms with van der Waals surface area (Å²) in [5.74, 6) is 0. The third-order valence-electron chi connectivity index (χ3n) is 2.27. The summed E-state index contributed by atoms with van der Waals surface area (Å²) >= 11 is 1.46. The Hall–Kier alpha value is -2.46. The molecule has 0 unspecified atom stereocenters. The van der Waals surface area contributed by atoms with Crippen LogP contribution in [0.5, 0.6) is 0 Å². The van der Waals surface area contributed by atoms with Crippen LogP contribution in [0.2, 0.25) is 0 Å². The normalized spacial score (nSPS) is 9.72. The van der Waals surface area contributed by atoms with E-state index in [1.807, 2.05) is 11.4 Å². The lowest BCUT2D eigenvalue weighted by Crippen LogP contribution is -2.03. The number of nitro benzene ring substituents is 1. The fraction of sp³-hybridized carbons (Fsp3) is 0.0909. The average molecular weight is 260 g/mol. The van der Waals surface area contributed by atoms with Gasteiger partial charge in [0.25, 0.3) is 5.69 Å². The van der Waals surface area contributed by atoms with Crippen LogP contribution in [0.25, 0.3) is 0 Å². The number of nitro groups is 1. The van der Waals surface area contributed by atoms with Gasteiger partial charge in [-0.3, -0.25) is 10.1 Å². The monoisotopic (exact) mass is 260 g/mol. The van der Waals surface area contributed by atoms with Crippen molar-refractivity contribution >= 4 is 22.7 Å². The zero-order valence-corrected chi connectivity index (χ0v) is 9.98. The minimum atomic E-state index is -0.510. The first-order valence-corrected chi connectivity index (χ1v) is 5.94. The van der Waals surface area contributed by atoms with Gasteiger partial charge in [0.2, 0.25) is 0 Å². The standard InChI is InChI=1S/C11H8N4O2S/c12-4-8-1-2-10(11(3-8)15(16)17)13-5-9-6-18-7-14-9/h1-3,6-7,13H,5H2. The molecule has 6 nitrogen and oxygen atoms in total. The van der Waals surface area contributed by atoms with E-state index in [2.05, 4.69) is 10.3 Å². The van der Waals surface area contributed by atoms with E-state index in [-0.39, 0.29) is 11.3 Å². The van der Waals surface area contributed by atoms with E-state index < -0.39 is 4.92 Å². The summed E-state index contributed by atoms with van der Waals surface area (Å²) in [7, 11) is 0. The number of thiazole rings is 1. The van der Waals surface area contributed by atoms with E-state index in [0.29, 0.717) is 12.2 Å². The Balaban J connectivity index is 2.22. The molecule has 0 aliphatic heterocycles. The third-order valence-corrected chi connectivity index (χ3v) is 2.90. The average Bonchev–Trinajstić information content (AvgIpc) is 2.89. The predicted octanol–water partition coefficient (Wildman–Crippen LogP) is 2.54. The summed E-state index contributed by atoms with van der Waals surface area (Å²) < 4.78 is 0. The second-order valence-electron chi connectivity index (χ2n) is 3.43. The predicted molar refractivity (Wildman–Crippen MR) is 67.3 cm³/mol. The molecule has 0 spiro atoms. The molecule has 1 heterocycles. The zero-order valence-electron chi connectivity index (χ0n) is 9.16. The molecule has 0 aliphatic rings. The molecule has 0 amide bonds. The topological polar surface area (TPSA) is 91.8 Å². The fourth-order valence-electron chi connectivity index (χ4n) is 1.41. The number of hydrogen-bond donors (Lipinski definition) is 1. The van der Waals surface area contributed by atoms with Crippen LogP contribution in [0.3, 0.4) is 0 Å². The van der Waals surface area contributed by atoms with Gasteiger partial charge in [-0.15, -0.1) is 11.3 Å². The van der Waals surface area contributed by atoms with Crippen LogP contribution >= 0.6 is 11.3 Å². The summed E-state index contributed by atoms with van der Waals surface area (Å²) in [6.45, 7) is 0.413. The highest BCUT2D eigenvalue weighted by Crippen LogP contribution is 2.25. The molecule has 1 aromatic carbocycles. The fourth-order valence-corrected chi connectivity index (χ4v) is 1.97. The van der Waals surface area contributed by atoms with E-state index in [9.17, 15) is 10.1 Å². The number of rotatable bonds is 4. The van der Waals surface area contributed by atoms with Crippen molar-refractivity contribution in [2.24, 2.45) is 0 Å². The largest absolute Gasteiger partial charge is 0.374 e. The summed E-state index contributed by atoms with van der Waals surface area (Å²) in [4.78, 5) is 14.5. The zero-order chi connectivity index (χ0) is 13.0. The summed E-state index contributed by atoms with van der Waals surface area (Å²) in [5.41, 5.74) is 3.06. The minimum absolute atomic E-state index is 0.107. The highest BCUT2D eigenvalue weighted by molar-refractivity contribution is 7.07. The lowest BCUT2D eigenvalue weighted by Gasteiger charge is -2.05. The number of nitriles is 1. The molecule has 0 aliphatic carbocycles. The molecule has 2 aromatic rings. The van der Waals surface area contributed by atoms with Gasteiger partial charge < -0.3 is 5.32 Å². The second-order valence-corrected chi connectivity index (χ2v) is 4.15. The number of aromatic nitrogens is 1. The van der Waals surface area contributed by atoms with Crippen molar-refractivity contribution in [1.82, 2.24) is 4.98 Å². The second kappa shape index (κ2) is 5.25. The van der Waals surface area contributed by atoms with Crippen molar-refractivity contribution < 1.29 is 4.92 Å². The van der Waals surface area contributed by atoms with Crippen molar-refractivity contribution in [2.75, 3.05) is 5.32 Å². The molecular weight excluding hydrogens is 252 g/mol. The maximum atomic E-state index is 10.9. The molecule has 0 saturated carbocycles. The third kappa shape index (κ3) is 2.61. The SMILES string of the molecule is N#Cc1ccc(NCc2cscn2)c([N+](=O)[O-])c1. The maximum Gasteiger partial charge on any atom is 0.293 e. The van der Waals surface area contributed by atoms with Crippen LogP contribution in [0.15, 0.2) is 29.1 Å². The van der Waals surface area contributed by atoms with Crippen molar-refractivity contribution in [1.29, 1.82) is 5.26 Å². The van der Waals surface area contributed by atoms with E-state index in [1.165, 1.54) is 29.5 Å². The molecule has 7 heteroatoms. The van der Waals surface area contributed by atoms with E-state index in [4.69, 9.17) is 5.26 Å². The lowest BCUT2D eigenvalue weighted by atomic mass is 10.2. The molecule has 0 bridgehead atoms. The Morgan fingerprint density at radius 3 is 3.00 bits per heavy atom. The summed E-state index contributed by atoms with van der Waals surface area (Å²) in [6.07, 6.45) is 0. The minimum Gasteiger partial charge on any atom is -0.374 e. The van der Waals surface area contributed by atoms with Crippen LogP contribution in [-0.2, 0) is 6.54 Å². The van der Waals surface area contributed by atoms with Crippen LogP contribution in [0, 0.1) is 21.4 Å². The van der Waals surface area contributed by atoms with Crippen molar-refractivity contribution in [3.05, 3.63) is 50.5 Å². The van der Waals surface area contributed by atoms with Gasteiger partial charge in [0.1, 0.15) is 5.69 Å². The van der Waals surface area contributed by atoms with Gasteiger partial charge in [0.05, 0.1) is 34.3 Å². The van der Waals surface area contributed by atoms with Crippen LogP contribution in [0.1, 0.15) is 11.3 Å². The lowest BCUT2D eigenvalue weighted by molar-refractivity contribution is -0.384. The molecule has 0 saturated heterocycles. The van der Waals surface area contributed by atoms with Gasteiger partial charge in [0, 0.05) is 11.4 Å². The maximum absolute atomic E-state index is 10.9. The van der Waals surface area contributed by atoms with Gasteiger partial charge in [-0.2, -0.15) is 5.26 Å². The first kappa shape index (κ1) is 12.0. The van der Waals surface area contributed by atoms with Gasteiger partial charge in [-0.05, 0) is 12.1 Å². The molecule has 2 rings (SSSR count). The highest BCUT2D eigenvalue weighted by atomic mass is 32.1. The number of nitrogens with zero attached hydrogens (tertiary/aromatic N) is 3. The van der Waals surface area contributed by atoms with Crippen LogP contribution < -0.4 is 5.32 Å². The van der Waals surface area contributed by atoms with Crippen molar-refractivity contribution in [2.45, 2.75) is 6.54 Å². The Morgan fingerprint density at radius 1 is 1.56 bits per heavy atom. The van der Waals surface area contributed by atoms with Gasteiger partial charge in [-0.1, -0.05) is 0 Å². The summed E-state index contributed by atoms with van der Waals surface area (Å²) in [6, 6.07) is 6.20. The highest BCUT2D eigenvalue weighted by Gasteiger charge is 2.14. The molecule has 0 atom stereocenters. The number of anilines is 1. The van der Waals surface area contributed by atoms with Gasteiger partial charge in [0.15, 0.2) is 0 Å². The molecule has 1 aromatic heterocycles. The molecular formula is C11H8N4O2S. The van der Waals surface area contributed by atoms with E-state index >= 15 is 0 Å². The first-order valence-electron chi connectivity index (χ1n) is 5.00. The molecule has 1 N–H and O–H groups in total. The molecule has 0 fully saturated rings. The molecule has 90 valence electrons. The van der Waals surface area contributed by atoms with E-state index in [0.717, 1.165) is 5.69 Å². The number of nitrogens with one attached hydrogen (secondary N) is 1. The Bertz CT molecular complexity index is 604. The molecule has 18 heavy (non-hydrogen) atoms.